The normalized spacial score (nSPS) is 21.7. The number of methoxy groups -OCH3 is 1. The molecule has 7 nitrogen and oxygen atoms in total. The highest BCUT2D eigenvalue weighted by atomic mass is 16.5. The molecule has 1 saturated heterocycles. The summed E-state index contributed by atoms with van der Waals surface area (Å²) >= 11 is 0. The van der Waals surface area contributed by atoms with Crippen molar-refractivity contribution in [3.8, 4) is 5.75 Å². The standard InChI is InChI=1S/C14H16N4O3/c1-21-9-7-10(13-16-5-6-17-13)18(8-9)14(20)12-11(19)3-2-4-15-12/h2-6,9-10,19H,7-8H2,1H3,(H,16,17)/t9-,10?/m1/s1. The first kappa shape index (κ1) is 13.6. The second-order valence-corrected chi connectivity index (χ2v) is 4.91. The number of carbonyl (C=O) groups excluding carboxylic acids is 1. The van der Waals surface area contributed by atoms with Crippen molar-refractivity contribution in [3.05, 3.63) is 42.2 Å². The Labute approximate surface area is 121 Å². The number of aromatic hydroxyl groups is 1. The summed E-state index contributed by atoms with van der Waals surface area (Å²) in [5.41, 5.74) is 0.0470. The van der Waals surface area contributed by atoms with Crippen LogP contribution in [-0.2, 0) is 4.74 Å². The lowest BCUT2D eigenvalue weighted by molar-refractivity contribution is 0.0676. The molecule has 1 aliphatic rings. The number of hydrogen-bond donors (Lipinski definition) is 2. The molecule has 2 atom stereocenters. The summed E-state index contributed by atoms with van der Waals surface area (Å²) in [6.07, 6.45) is 5.45. The van der Waals surface area contributed by atoms with Crippen LogP contribution in [0.15, 0.2) is 30.7 Å². The minimum Gasteiger partial charge on any atom is -0.505 e. The molecule has 1 aliphatic heterocycles. The van der Waals surface area contributed by atoms with Crippen LogP contribution in [0.5, 0.6) is 5.75 Å². The number of nitrogens with one attached hydrogen (secondary N) is 1. The van der Waals surface area contributed by atoms with Crippen molar-refractivity contribution in [1.29, 1.82) is 0 Å². The Morgan fingerprint density at radius 3 is 3.00 bits per heavy atom. The molecule has 7 heteroatoms. The predicted octanol–water partition coefficient (Wildman–Crippen LogP) is 1.11. The number of hydrogen-bond acceptors (Lipinski definition) is 5. The fourth-order valence-corrected chi connectivity index (χ4v) is 2.61. The second kappa shape index (κ2) is 5.53. The first-order valence-electron chi connectivity index (χ1n) is 6.67. The molecule has 2 aromatic heterocycles. The van der Waals surface area contributed by atoms with Gasteiger partial charge in [0, 0.05) is 38.7 Å². The van der Waals surface area contributed by atoms with E-state index in [1.54, 1.807) is 30.5 Å². The van der Waals surface area contributed by atoms with Crippen LogP contribution in [0.2, 0.25) is 0 Å². The molecule has 0 saturated carbocycles. The summed E-state index contributed by atoms with van der Waals surface area (Å²) in [7, 11) is 1.62. The molecule has 2 aromatic rings. The molecule has 3 rings (SSSR count). The zero-order valence-corrected chi connectivity index (χ0v) is 11.6. The van der Waals surface area contributed by atoms with E-state index in [-0.39, 0.29) is 29.5 Å². The van der Waals surface area contributed by atoms with Crippen LogP contribution in [0.25, 0.3) is 0 Å². The summed E-state index contributed by atoms with van der Waals surface area (Å²) < 4.78 is 5.37. The molecule has 1 amide bonds. The van der Waals surface area contributed by atoms with Crippen LogP contribution >= 0.6 is 0 Å². The first-order chi connectivity index (χ1) is 10.2. The van der Waals surface area contributed by atoms with E-state index in [1.807, 2.05) is 0 Å². The van der Waals surface area contributed by atoms with Gasteiger partial charge in [-0.15, -0.1) is 0 Å². The molecule has 0 aromatic carbocycles. The maximum atomic E-state index is 12.6. The number of likely N-dealkylation sites (tertiary alicyclic amines) is 1. The lowest BCUT2D eigenvalue weighted by Gasteiger charge is -2.22. The van der Waals surface area contributed by atoms with Crippen molar-refractivity contribution in [2.24, 2.45) is 0 Å². The maximum absolute atomic E-state index is 12.6. The Bertz CT molecular complexity index is 629. The fourth-order valence-electron chi connectivity index (χ4n) is 2.61. The molecular weight excluding hydrogens is 272 g/mol. The summed E-state index contributed by atoms with van der Waals surface area (Å²) in [6.45, 7) is 0.441. The van der Waals surface area contributed by atoms with Gasteiger partial charge in [-0.2, -0.15) is 0 Å². The van der Waals surface area contributed by atoms with Crippen molar-refractivity contribution in [3.63, 3.8) is 0 Å². The minimum absolute atomic E-state index is 0.0470. The van der Waals surface area contributed by atoms with Crippen LogP contribution in [0.4, 0.5) is 0 Å². The SMILES string of the molecule is CO[C@@H]1CC(c2ncc[nH]2)N(C(=O)c2ncccc2O)C1. The number of amides is 1. The van der Waals surface area contributed by atoms with Gasteiger partial charge in [0.05, 0.1) is 12.1 Å². The molecule has 0 radical (unpaired) electrons. The van der Waals surface area contributed by atoms with Gasteiger partial charge in [-0.3, -0.25) is 4.79 Å². The Morgan fingerprint density at radius 2 is 2.33 bits per heavy atom. The summed E-state index contributed by atoms with van der Waals surface area (Å²) in [6, 6.07) is 2.82. The van der Waals surface area contributed by atoms with E-state index in [9.17, 15) is 9.90 Å². The van der Waals surface area contributed by atoms with E-state index in [4.69, 9.17) is 4.74 Å². The van der Waals surface area contributed by atoms with Gasteiger partial charge in [0.2, 0.25) is 0 Å². The number of aromatic amines is 1. The predicted molar refractivity (Wildman–Crippen MR) is 73.7 cm³/mol. The third-order valence-corrected chi connectivity index (χ3v) is 3.68. The van der Waals surface area contributed by atoms with Gasteiger partial charge in [0.25, 0.3) is 5.91 Å². The van der Waals surface area contributed by atoms with E-state index in [2.05, 4.69) is 15.0 Å². The number of pyridine rings is 1. The summed E-state index contributed by atoms with van der Waals surface area (Å²) in [5, 5.41) is 9.82. The van der Waals surface area contributed by atoms with E-state index >= 15 is 0 Å². The number of rotatable bonds is 3. The third-order valence-electron chi connectivity index (χ3n) is 3.68. The lowest BCUT2D eigenvalue weighted by atomic mass is 10.2. The van der Waals surface area contributed by atoms with Crippen LogP contribution in [-0.4, -0.2) is 50.6 Å². The Balaban J connectivity index is 1.91. The zero-order valence-electron chi connectivity index (χ0n) is 11.6. The maximum Gasteiger partial charge on any atom is 0.277 e. The average Bonchev–Trinajstić information content (AvgIpc) is 3.15. The second-order valence-electron chi connectivity index (χ2n) is 4.91. The molecule has 110 valence electrons. The monoisotopic (exact) mass is 288 g/mol. The number of imidazole rings is 1. The van der Waals surface area contributed by atoms with Crippen molar-refractivity contribution in [1.82, 2.24) is 19.9 Å². The quantitative estimate of drug-likeness (QED) is 0.883. The topological polar surface area (TPSA) is 91.3 Å². The molecule has 1 unspecified atom stereocenters. The van der Waals surface area contributed by atoms with Crippen molar-refractivity contribution in [2.75, 3.05) is 13.7 Å². The Morgan fingerprint density at radius 1 is 1.48 bits per heavy atom. The third kappa shape index (κ3) is 2.47. The van der Waals surface area contributed by atoms with Crippen molar-refractivity contribution < 1.29 is 14.6 Å². The van der Waals surface area contributed by atoms with Gasteiger partial charge < -0.3 is 19.7 Å². The molecule has 2 N–H and O–H groups in total. The summed E-state index contributed by atoms with van der Waals surface area (Å²) in [5.74, 6) is 0.258. The highest BCUT2D eigenvalue weighted by molar-refractivity contribution is 5.95. The Hall–Kier alpha value is -2.41. The largest absolute Gasteiger partial charge is 0.505 e. The van der Waals surface area contributed by atoms with E-state index < -0.39 is 0 Å². The van der Waals surface area contributed by atoms with Crippen LogP contribution in [0.1, 0.15) is 28.8 Å². The molecular formula is C14H16N4O3. The molecule has 0 aliphatic carbocycles. The molecule has 1 fully saturated rings. The van der Waals surface area contributed by atoms with Gasteiger partial charge in [0.15, 0.2) is 5.69 Å². The number of H-pyrrole nitrogens is 1. The van der Waals surface area contributed by atoms with E-state index in [0.717, 1.165) is 0 Å². The number of nitrogens with zero attached hydrogens (tertiary/aromatic N) is 3. The Kier molecular flexibility index (Phi) is 3.57. The first-order valence-corrected chi connectivity index (χ1v) is 6.67. The lowest BCUT2D eigenvalue weighted by Crippen LogP contribution is -2.33. The number of aromatic nitrogens is 3. The smallest absolute Gasteiger partial charge is 0.277 e. The van der Waals surface area contributed by atoms with Crippen LogP contribution in [0.3, 0.4) is 0 Å². The number of ether oxygens (including phenoxy) is 1. The van der Waals surface area contributed by atoms with E-state index in [1.165, 1.54) is 12.3 Å². The van der Waals surface area contributed by atoms with Crippen molar-refractivity contribution >= 4 is 5.91 Å². The van der Waals surface area contributed by atoms with Crippen LogP contribution in [0, 0.1) is 0 Å². The van der Waals surface area contributed by atoms with Gasteiger partial charge in [-0.25, -0.2) is 9.97 Å². The zero-order chi connectivity index (χ0) is 14.8. The van der Waals surface area contributed by atoms with Crippen LogP contribution < -0.4 is 0 Å². The van der Waals surface area contributed by atoms with Crippen molar-refractivity contribution in [2.45, 2.75) is 18.6 Å². The molecule has 3 heterocycles. The average molecular weight is 288 g/mol. The minimum atomic E-state index is -0.325. The highest BCUT2D eigenvalue weighted by Gasteiger charge is 2.39. The summed E-state index contributed by atoms with van der Waals surface area (Å²) in [4.78, 5) is 25.5. The van der Waals surface area contributed by atoms with E-state index in [0.29, 0.717) is 18.8 Å². The molecule has 0 spiro atoms. The van der Waals surface area contributed by atoms with Gasteiger partial charge >= 0.3 is 0 Å². The highest BCUT2D eigenvalue weighted by Crippen LogP contribution is 2.33. The molecule has 21 heavy (non-hydrogen) atoms. The van der Waals surface area contributed by atoms with Gasteiger partial charge in [-0.1, -0.05) is 0 Å². The fraction of sp³-hybridized carbons (Fsp3) is 0.357. The van der Waals surface area contributed by atoms with Gasteiger partial charge in [0.1, 0.15) is 11.6 Å². The van der Waals surface area contributed by atoms with Gasteiger partial charge in [-0.05, 0) is 12.1 Å². The molecule has 0 bridgehead atoms. The number of carbonyl (C=O) groups is 1.